The average molecular weight is 317 g/mol. The molecule has 1 heterocycles. The first-order valence-electron chi connectivity index (χ1n) is 7.78. The maximum Gasteiger partial charge on any atom is 0.257 e. The number of amides is 1. The topological polar surface area (TPSA) is 54.0 Å². The summed E-state index contributed by atoms with van der Waals surface area (Å²) in [6.07, 6.45) is 3.26. The van der Waals surface area contributed by atoms with Gasteiger partial charge in [0.15, 0.2) is 0 Å². The van der Waals surface area contributed by atoms with Crippen molar-refractivity contribution in [3.05, 3.63) is 83.7 Å². The smallest absolute Gasteiger partial charge is 0.257 e. The molecule has 0 fully saturated rings. The lowest BCUT2D eigenvalue weighted by Gasteiger charge is -2.11. The Morgan fingerprint density at radius 3 is 2.50 bits per heavy atom. The normalized spacial score (nSPS) is 10.2. The van der Waals surface area contributed by atoms with Crippen molar-refractivity contribution < 1.29 is 4.79 Å². The molecule has 4 nitrogen and oxygen atoms in total. The molecule has 0 aliphatic rings. The van der Waals surface area contributed by atoms with Crippen LogP contribution in [0.15, 0.2) is 67.0 Å². The molecule has 120 valence electrons. The van der Waals surface area contributed by atoms with Crippen LogP contribution in [-0.2, 0) is 0 Å². The van der Waals surface area contributed by atoms with Crippen molar-refractivity contribution in [3.8, 4) is 0 Å². The SMILES string of the molecule is Cc1cccc(NC(=O)c2cncc(Nc3ccccc3)c2)c1C. The zero-order valence-corrected chi connectivity index (χ0v) is 13.7. The second kappa shape index (κ2) is 6.96. The molecular weight excluding hydrogens is 298 g/mol. The summed E-state index contributed by atoms with van der Waals surface area (Å²) in [7, 11) is 0. The molecule has 0 unspecified atom stereocenters. The predicted octanol–water partition coefficient (Wildman–Crippen LogP) is 4.69. The summed E-state index contributed by atoms with van der Waals surface area (Å²) < 4.78 is 0. The first-order chi connectivity index (χ1) is 11.6. The first-order valence-corrected chi connectivity index (χ1v) is 7.78. The van der Waals surface area contributed by atoms with E-state index in [2.05, 4.69) is 15.6 Å². The van der Waals surface area contributed by atoms with Gasteiger partial charge in [-0.2, -0.15) is 0 Å². The number of aromatic nitrogens is 1. The van der Waals surface area contributed by atoms with Gasteiger partial charge < -0.3 is 10.6 Å². The lowest BCUT2D eigenvalue weighted by atomic mass is 10.1. The number of carbonyl (C=O) groups excluding carboxylic acids is 1. The van der Waals surface area contributed by atoms with Gasteiger partial charge in [0.1, 0.15) is 0 Å². The number of anilines is 3. The molecule has 4 heteroatoms. The Balaban J connectivity index is 1.78. The highest BCUT2D eigenvalue weighted by Gasteiger charge is 2.10. The Kier molecular flexibility index (Phi) is 4.57. The van der Waals surface area contributed by atoms with Crippen molar-refractivity contribution in [1.82, 2.24) is 4.98 Å². The number of carbonyl (C=O) groups is 1. The fourth-order valence-electron chi connectivity index (χ4n) is 2.40. The second-order valence-corrected chi connectivity index (χ2v) is 5.65. The Labute approximate surface area is 141 Å². The molecule has 0 atom stereocenters. The van der Waals surface area contributed by atoms with Gasteiger partial charge in [-0.3, -0.25) is 9.78 Å². The van der Waals surface area contributed by atoms with Crippen molar-refractivity contribution in [3.63, 3.8) is 0 Å². The number of hydrogen-bond donors (Lipinski definition) is 2. The molecule has 1 aromatic heterocycles. The lowest BCUT2D eigenvalue weighted by molar-refractivity contribution is 0.102. The summed E-state index contributed by atoms with van der Waals surface area (Å²) in [5.74, 6) is -0.173. The highest BCUT2D eigenvalue weighted by atomic mass is 16.1. The highest BCUT2D eigenvalue weighted by Crippen LogP contribution is 2.20. The van der Waals surface area contributed by atoms with E-state index in [0.717, 1.165) is 28.2 Å². The van der Waals surface area contributed by atoms with Crippen LogP contribution in [0.1, 0.15) is 21.5 Å². The third kappa shape index (κ3) is 3.60. The first kappa shape index (κ1) is 15.7. The van der Waals surface area contributed by atoms with Gasteiger partial charge in [0.05, 0.1) is 17.4 Å². The van der Waals surface area contributed by atoms with E-state index in [-0.39, 0.29) is 5.91 Å². The van der Waals surface area contributed by atoms with Gasteiger partial charge in [-0.05, 0) is 49.2 Å². The number of benzene rings is 2. The Morgan fingerprint density at radius 2 is 1.71 bits per heavy atom. The van der Waals surface area contributed by atoms with Crippen molar-refractivity contribution in [2.24, 2.45) is 0 Å². The van der Waals surface area contributed by atoms with Crippen LogP contribution in [0.25, 0.3) is 0 Å². The van der Waals surface area contributed by atoms with Crippen LogP contribution in [0.4, 0.5) is 17.1 Å². The van der Waals surface area contributed by atoms with E-state index in [1.165, 1.54) is 0 Å². The van der Waals surface area contributed by atoms with Gasteiger partial charge in [0.2, 0.25) is 0 Å². The standard InChI is InChI=1S/C20H19N3O/c1-14-7-6-10-19(15(14)2)23-20(24)16-11-18(13-21-12-16)22-17-8-4-3-5-9-17/h3-13,22H,1-2H3,(H,23,24). The summed E-state index contributed by atoms with van der Waals surface area (Å²) in [5, 5.41) is 6.19. The fourth-order valence-corrected chi connectivity index (χ4v) is 2.40. The molecule has 0 aliphatic heterocycles. The maximum atomic E-state index is 12.5. The van der Waals surface area contributed by atoms with Crippen LogP contribution in [0.3, 0.4) is 0 Å². The third-order valence-electron chi connectivity index (χ3n) is 3.92. The zero-order valence-electron chi connectivity index (χ0n) is 13.7. The summed E-state index contributed by atoms with van der Waals surface area (Å²) in [5.41, 5.74) is 5.27. The van der Waals surface area contributed by atoms with Gasteiger partial charge in [0.25, 0.3) is 5.91 Å². The molecule has 3 rings (SSSR count). The highest BCUT2D eigenvalue weighted by molar-refractivity contribution is 6.05. The molecule has 0 saturated heterocycles. The molecule has 0 bridgehead atoms. The van der Waals surface area contributed by atoms with E-state index < -0.39 is 0 Å². The van der Waals surface area contributed by atoms with Crippen LogP contribution in [-0.4, -0.2) is 10.9 Å². The van der Waals surface area contributed by atoms with Crippen LogP contribution >= 0.6 is 0 Å². The molecule has 1 amide bonds. The number of rotatable bonds is 4. The van der Waals surface area contributed by atoms with Crippen molar-refractivity contribution >= 4 is 23.0 Å². The number of pyridine rings is 1. The molecule has 24 heavy (non-hydrogen) atoms. The number of hydrogen-bond acceptors (Lipinski definition) is 3. The zero-order chi connectivity index (χ0) is 16.9. The van der Waals surface area contributed by atoms with Gasteiger partial charge in [-0.15, -0.1) is 0 Å². The molecule has 0 aliphatic carbocycles. The van der Waals surface area contributed by atoms with E-state index in [9.17, 15) is 4.79 Å². The van der Waals surface area contributed by atoms with E-state index in [1.807, 2.05) is 62.4 Å². The molecule has 0 saturated carbocycles. The average Bonchev–Trinajstić information content (AvgIpc) is 2.60. The maximum absolute atomic E-state index is 12.5. The van der Waals surface area contributed by atoms with Gasteiger partial charge in [-0.25, -0.2) is 0 Å². The molecule has 2 N–H and O–H groups in total. The van der Waals surface area contributed by atoms with E-state index in [4.69, 9.17) is 0 Å². The second-order valence-electron chi connectivity index (χ2n) is 5.65. The van der Waals surface area contributed by atoms with Crippen LogP contribution in [0.2, 0.25) is 0 Å². The predicted molar refractivity (Wildman–Crippen MR) is 97.8 cm³/mol. The molecule has 3 aromatic rings. The largest absolute Gasteiger partial charge is 0.354 e. The van der Waals surface area contributed by atoms with Crippen molar-refractivity contribution in [2.45, 2.75) is 13.8 Å². The number of nitrogens with one attached hydrogen (secondary N) is 2. The summed E-state index contributed by atoms with van der Waals surface area (Å²) >= 11 is 0. The van der Waals surface area contributed by atoms with Crippen LogP contribution in [0, 0.1) is 13.8 Å². The fraction of sp³-hybridized carbons (Fsp3) is 0.100. The number of nitrogens with zero attached hydrogens (tertiary/aromatic N) is 1. The molecule has 2 aromatic carbocycles. The van der Waals surface area contributed by atoms with Crippen LogP contribution < -0.4 is 10.6 Å². The van der Waals surface area contributed by atoms with Crippen molar-refractivity contribution in [2.75, 3.05) is 10.6 Å². The Bertz CT molecular complexity index is 860. The quantitative estimate of drug-likeness (QED) is 0.733. The molecule has 0 radical (unpaired) electrons. The third-order valence-corrected chi connectivity index (χ3v) is 3.92. The van der Waals surface area contributed by atoms with E-state index in [1.54, 1.807) is 18.5 Å². The Morgan fingerprint density at radius 1 is 0.917 bits per heavy atom. The number of para-hydroxylation sites is 1. The summed E-state index contributed by atoms with van der Waals surface area (Å²) in [6, 6.07) is 17.4. The minimum atomic E-state index is -0.173. The van der Waals surface area contributed by atoms with Gasteiger partial charge in [0, 0.05) is 17.6 Å². The summed E-state index contributed by atoms with van der Waals surface area (Å²) in [4.78, 5) is 16.7. The summed E-state index contributed by atoms with van der Waals surface area (Å²) in [6.45, 7) is 4.02. The minimum absolute atomic E-state index is 0.173. The molecular formula is C20H19N3O. The van der Waals surface area contributed by atoms with Crippen LogP contribution in [0.5, 0.6) is 0 Å². The van der Waals surface area contributed by atoms with E-state index in [0.29, 0.717) is 5.56 Å². The Hall–Kier alpha value is -3.14. The number of aryl methyl sites for hydroxylation is 1. The lowest BCUT2D eigenvalue weighted by Crippen LogP contribution is -2.13. The monoisotopic (exact) mass is 317 g/mol. The van der Waals surface area contributed by atoms with Gasteiger partial charge in [-0.1, -0.05) is 30.3 Å². The minimum Gasteiger partial charge on any atom is -0.354 e. The van der Waals surface area contributed by atoms with E-state index >= 15 is 0 Å². The van der Waals surface area contributed by atoms with Gasteiger partial charge >= 0.3 is 0 Å². The molecule has 0 spiro atoms. The van der Waals surface area contributed by atoms with Crippen molar-refractivity contribution in [1.29, 1.82) is 0 Å².